The van der Waals surface area contributed by atoms with Crippen LogP contribution in [-0.2, 0) is 9.53 Å². The van der Waals surface area contributed by atoms with E-state index < -0.39 is 0 Å². The zero-order valence-corrected chi connectivity index (χ0v) is 8.56. The Kier molecular flexibility index (Phi) is 3.72. The van der Waals surface area contributed by atoms with E-state index in [9.17, 15) is 4.79 Å². The highest BCUT2D eigenvalue weighted by Crippen LogP contribution is 2.35. The fraction of sp³-hybridized carbons (Fsp3) is 0.900. The minimum Gasteiger partial charge on any atom is -0.469 e. The molecule has 1 rings (SSSR count). The van der Waals surface area contributed by atoms with E-state index in [1.54, 1.807) is 0 Å². The summed E-state index contributed by atoms with van der Waals surface area (Å²) in [7, 11) is 1.45. The van der Waals surface area contributed by atoms with Gasteiger partial charge in [0, 0.05) is 5.54 Å². The third-order valence-electron chi connectivity index (χ3n) is 2.77. The maximum atomic E-state index is 11.1. The smallest absolute Gasteiger partial charge is 0.307 e. The SMILES string of the molecule is CCCNC1(CC(=O)OC)CCC1. The Bertz CT molecular complexity index is 176. The summed E-state index contributed by atoms with van der Waals surface area (Å²) < 4.78 is 4.68. The summed E-state index contributed by atoms with van der Waals surface area (Å²) in [5.74, 6) is -0.0942. The van der Waals surface area contributed by atoms with Gasteiger partial charge in [0.2, 0.25) is 0 Å². The van der Waals surface area contributed by atoms with Crippen molar-refractivity contribution in [3.05, 3.63) is 0 Å². The van der Waals surface area contributed by atoms with Gasteiger partial charge in [-0.1, -0.05) is 6.92 Å². The molecule has 0 aromatic rings. The van der Waals surface area contributed by atoms with E-state index in [1.807, 2.05) is 0 Å². The van der Waals surface area contributed by atoms with E-state index in [0.29, 0.717) is 6.42 Å². The van der Waals surface area contributed by atoms with Crippen LogP contribution >= 0.6 is 0 Å². The zero-order valence-electron chi connectivity index (χ0n) is 8.56. The predicted octanol–water partition coefficient (Wildman–Crippen LogP) is 1.47. The molecule has 3 heteroatoms. The lowest BCUT2D eigenvalue weighted by atomic mass is 9.74. The Balaban J connectivity index is 2.35. The second kappa shape index (κ2) is 4.61. The number of carbonyl (C=O) groups is 1. The van der Waals surface area contributed by atoms with E-state index >= 15 is 0 Å². The standard InChI is InChI=1S/C10H19NO2/c1-3-7-11-10(5-4-6-10)8-9(12)13-2/h11H,3-8H2,1-2H3. The molecule has 0 saturated heterocycles. The van der Waals surface area contributed by atoms with Crippen molar-refractivity contribution in [2.45, 2.75) is 44.6 Å². The van der Waals surface area contributed by atoms with Crippen LogP contribution in [0.1, 0.15) is 39.0 Å². The number of hydrogen-bond acceptors (Lipinski definition) is 3. The molecule has 0 radical (unpaired) electrons. The van der Waals surface area contributed by atoms with Crippen LogP contribution < -0.4 is 5.32 Å². The van der Waals surface area contributed by atoms with Gasteiger partial charge < -0.3 is 10.1 Å². The molecular weight excluding hydrogens is 166 g/mol. The number of esters is 1. The molecule has 0 amide bonds. The quantitative estimate of drug-likeness (QED) is 0.659. The number of methoxy groups -OCH3 is 1. The molecule has 0 unspecified atom stereocenters. The van der Waals surface area contributed by atoms with Crippen molar-refractivity contribution in [2.24, 2.45) is 0 Å². The number of ether oxygens (including phenoxy) is 1. The molecule has 1 N–H and O–H groups in total. The Hall–Kier alpha value is -0.570. The lowest BCUT2D eigenvalue weighted by Crippen LogP contribution is -2.52. The molecule has 0 bridgehead atoms. The van der Waals surface area contributed by atoms with E-state index in [1.165, 1.54) is 13.5 Å². The van der Waals surface area contributed by atoms with Gasteiger partial charge in [-0.25, -0.2) is 0 Å². The van der Waals surface area contributed by atoms with Crippen molar-refractivity contribution in [1.82, 2.24) is 5.32 Å². The van der Waals surface area contributed by atoms with Gasteiger partial charge in [0.1, 0.15) is 0 Å². The van der Waals surface area contributed by atoms with Crippen molar-refractivity contribution >= 4 is 5.97 Å². The highest BCUT2D eigenvalue weighted by Gasteiger charge is 2.38. The average Bonchev–Trinajstić information content (AvgIpc) is 2.09. The summed E-state index contributed by atoms with van der Waals surface area (Å²) in [6.45, 7) is 3.13. The van der Waals surface area contributed by atoms with Crippen molar-refractivity contribution in [1.29, 1.82) is 0 Å². The first kappa shape index (κ1) is 10.5. The topological polar surface area (TPSA) is 38.3 Å². The van der Waals surface area contributed by atoms with Crippen LogP contribution in [-0.4, -0.2) is 25.2 Å². The van der Waals surface area contributed by atoms with Crippen molar-refractivity contribution in [3.63, 3.8) is 0 Å². The lowest BCUT2D eigenvalue weighted by molar-refractivity contribution is -0.143. The van der Waals surface area contributed by atoms with Crippen molar-refractivity contribution < 1.29 is 9.53 Å². The van der Waals surface area contributed by atoms with Gasteiger partial charge in [0.25, 0.3) is 0 Å². The molecule has 0 aromatic carbocycles. The highest BCUT2D eigenvalue weighted by atomic mass is 16.5. The summed E-state index contributed by atoms with van der Waals surface area (Å²) in [4.78, 5) is 11.1. The first-order valence-electron chi connectivity index (χ1n) is 5.04. The van der Waals surface area contributed by atoms with Gasteiger partial charge in [-0.05, 0) is 32.2 Å². The fourth-order valence-electron chi connectivity index (χ4n) is 1.76. The largest absolute Gasteiger partial charge is 0.469 e. The van der Waals surface area contributed by atoms with Gasteiger partial charge in [0.05, 0.1) is 13.5 Å². The molecule has 0 heterocycles. The summed E-state index contributed by atoms with van der Waals surface area (Å²) in [5, 5.41) is 3.45. The number of carbonyl (C=O) groups excluding carboxylic acids is 1. The van der Waals surface area contributed by atoms with Crippen LogP contribution in [0.15, 0.2) is 0 Å². The molecule has 1 aliphatic carbocycles. The second-order valence-electron chi connectivity index (χ2n) is 3.81. The molecular formula is C10H19NO2. The Morgan fingerprint density at radius 1 is 1.54 bits per heavy atom. The fourth-order valence-corrected chi connectivity index (χ4v) is 1.76. The third-order valence-corrected chi connectivity index (χ3v) is 2.77. The Labute approximate surface area is 79.8 Å². The minimum atomic E-state index is -0.0942. The summed E-state index contributed by atoms with van der Waals surface area (Å²) in [6, 6.07) is 0. The first-order chi connectivity index (χ1) is 6.22. The maximum Gasteiger partial charge on any atom is 0.307 e. The van der Waals surface area contributed by atoms with Crippen LogP contribution in [0.25, 0.3) is 0 Å². The van der Waals surface area contributed by atoms with Crippen molar-refractivity contribution in [2.75, 3.05) is 13.7 Å². The van der Waals surface area contributed by atoms with Gasteiger partial charge in [-0.2, -0.15) is 0 Å². The lowest BCUT2D eigenvalue weighted by Gasteiger charge is -2.42. The van der Waals surface area contributed by atoms with Crippen LogP contribution in [0.3, 0.4) is 0 Å². The monoisotopic (exact) mass is 185 g/mol. The Morgan fingerprint density at radius 2 is 2.23 bits per heavy atom. The maximum absolute atomic E-state index is 11.1. The molecule has 76 valence electrons. The van der Waals surface area contributed by atoms with Crippen molar-refractivity contribution in [3.8, 4) is 0 Å². The van der Waals surface area contributed by atoms with Crippen LogP contribution in [0.2, 0.25) is 0 Å². The average molecular weight is 185 g/mol. The predicted molar refractivity (Wildman–Crippen MR) is 51.5 cm³/mol. The number of rotatable bonds is 5. The molecule has 0 aliphatic heterocycles. The van der Waals surface area contributed by atoms with E-state index in [-0.39, 0.29) is 11.5 Å². The number of nitrogens with one attached hydrogen (secondary N) is 1. The summed E-state index contributed by atoms with van der Waals surface area (Å²) in [6.07, 6.45) is 5.10. The molecule has 1 aliphatic rings. The Morgan fingerprint density at radius 3 is 2.62 bits per heavy atom. The van der Waals surface area contributed by atoms with Gasteiger partial charge >= 0.3 is 5.97 Å². The molecule has 3 nitrogen and oxygen atoms in total. The van der Waals surface area contributed by atoms with E-state index in [4.69, 9.17) is 0 Å². The molecule has 1 saturated carbocycles. The van der Waals surface area contributed by atoms with Crippen LogP contribution in [0.4, 0.5) is 0 Å². The normalized spacial score (nSPS) is 19.2. The second-order valence-corrected chi connectivity index (χ2v) is 3.81. The summed E-state index contributed by atoms with van der Waals surface area (Å²) in [5.41, 5.74) is 0.0725. The van der Waals surface area contributed by atoms with E-state index in [2.05, 4.69) is 17.0 Å². The third kappa shape index (κ3) is 2.69. The first-order valence-corrected chi connectivity index (χ1v) is 5.04. The van der Waals surface area contributed by atoms with Gasteiger partial charge in [-0.3, -0.25) is 4.79 Å². The minimum absolute atomic E-state index is 0.0725. The molecule has 1 fully saturated rings. The van der Waals surface area contributed by atoms with Crippen LogP contribution in [0, 0.1) is 0 Å². The highest BCUT2D eigenvalue weighted by molar-refractivity contribution is 5.71. The van der Waals surface area contributed by atoms with Gasteiger partial charge in [-0.15, -0.1) is 0 Å². The van der Waals surface area contributed by atoms with Gasteiger partial charge in [0.15, 0.2) is 0 Å². The van der Waals surface area contributed by atoms with Crippen LogP contribution in [0.5, 0.6) is 0 Å². The molecule has 13 heavy (non-hydrogen) atoms. The zero-order chi connectivity index (χ0) is 9.73. The van der Waals surface area contributed by atoms with E-state index in [0.717, 1.165) is 25.8 Å². The molecule has 0 aromatic heterocycles. The molecule has 0 atom stereocenters. The number of hydrogen-bond donors (Lipinski definition) is 1. The summed E-state index contributed by atoms with van der Waals surface area (Å²) >= 11 is 0. The molecule has 0 spiro atoms.